The van der Waals surface area contributed by atoms with Gasteiger partial charge in [0.25, 0.3) is 0 Å². The molecule has 6 nitrogen and oxygen atoms in total. The molecule has 2 heterocycles. The van der Waals surface area contributed by atoms with Gasteiger partial charge in [-0.15, -0.1) is 11.3 Å². The first-order valence-electron chi connectivity index (χ1n) is 5.67. The quantitative estimate of drug-likeness (QED) is 0.813. The Morgan fingerprint density at radius 1 is 1.53 bits per heavy atom. The van der Waals surface area contributed by atoms with Crippen LogP contribution in [-0.4, -0.2) is 29.6 Å². The van der Waals surface area contributed by atoms with Gasteiger partial charge in [0.15, 0.2) is 0 Å². The second kappa shape index (κ2) is 5.83. The number of hydrogen-bond donors (Lipinski definition) is 2. The van der Waals surface area contributed by atoms with Crippen molar-refractivity contribution in [1.29, 1.82) is 0 Å². The van der Waals surface area contributed by atoms with Crippen LogP contribution in [0.2, 0.25) is 0 Å². The number of nitrogens with zero attached hydrogens (tertiary/aromatic N) is 2. The van der Waals surface area contributed by atoms with Gasteiger partial charge in [0.2, 0.25) is 10.0 Å². The summed E-state index contributed by atoms with van der Waals surface area (Å²) in [6.45, 7) is 0.115. The third-order valence-corrected chi connectivity index (χ3v) is 4.94. The molecule has 0 spiro atoms. The van der Waals surface area contributed by atoms with Gasteiger partial charge in [-0.3, -0.25) is 0 Å². The summed E-state index contributed by atoms with van der Waals surface area (Å²) in [6, 6.07) is 1.46. The van der Waals surface area contributed by atoms with E-state index in [1.165, 1.54) is 23.6 Å². The Labute approximate surface area is 115 Å². The van der Waals surface area contributed by atoms with Gasteiger partial charge >= 0.3 is 0 Å². The van der Waals surface area contributed by atoms with Crippen molar-refractivity contribution in [2.45, 2.75) is 17.9 Å². The smallest absolute Gasteiger partial charge is 0.242 e. The summed E-state index contributed by atoms with van der Waals surface area (Å²) in [7, 11) is -1.84. The number of aryl methyl sites for hydroxylation is 1. The lowest BCUT2D eigenvalue weighted by Crippen LogP contribution is -2.25. The summed E-state index contributed by atoms with van der Waals surface area (Å²) < 4.78 is 28.2. The number of aliphatic hydroxyl groups excluding tert-OH is 1. The highest BCUT2D eigenvalue weighted by Gasteiger charge is 2.16. The van der Waals surface area contributed by atoms with Crippen LogP contribution in [0.4, 0.5) is 0 Å². The Balaban J connectivity index is 2.01. The van der Waals surface area contributed by atoms with E-state index >= 15 is 0 Å². The molecule has 104 valence electrons. The molecule has 0 aliphatic rings. The van der Waals surface area contributed by atoms with E-state index in [0.717, 1.165) is 5.01 Å². The number of sulfonamides is 1. The average Bonchev–Trinajstić information content (AvgIpc) is 2.98. The summed E-state index contributed by atoms with van der Waals surface area (Å²) in [6.07, 6.45) is 3.74. The fraction of sp³-hybridized carbons (Fsp3) is 0.364. The van der Waals surface area contributed by atoms with E-state index in [9.17, 15) is 8.42 Å². The molecule has 0 atom stereocenters. The van der Waals surface area contributed by atoms with E-state index in [-0.39, 0.29) is 11.5 Å². The van der Waals surface area contributed by atoms with E-state index in [2.05, 4.69) is 9.71 Å². The number of aliphatic hydroxyl groups is 1. The van der Waals surface area contributed by atoms with Gasteiger partial charge in [0.05, 0.1) is 16.5 Å². The Morgan fingerprint density at radius 3 is 2.89 bits per heavy atom. The van der Waals surface area contributed by atoms with Crippen LogP contribution < -0.4 is 4.72 Å². The molecular formula is C11H15N3O3S2. The van der Waals surface area contributed by atoms with Crippen LogP contribution in [0.5, 0.6) is 0 Å². The highest BCUT2D eigenvalue weighted by atomic mass is 32.2. The van der Waals surface area contributed by atoms with E-state index in [1.54, 1.807) is 17.8 Å². The average molecular weight is 301 g/mol. The maximum atomic E-state index is 12.0. The molecule has 0 saturated carbocycles. The molecule has 2 rings (SSSR count). The van der Waals surface area contributed by atoms with Crippen molar-refractivity contribution in [3.8, 4) is 0 Å². The first-order chi connectivity index (χ1) is 9.03. The molecule has 8 heteroatoms. The van der Waals surface area contributed by atoms with Crippen molar-refractivity contribution < 1.29 is 13.5 Å². The van der Waals surface area contributed by atoms with Crippen molar-refractivity contribution in [3.63, 3.8) is 0 Å². The van der Waals surface area contributed by atoms with Gasteiger partial charge in [0.1, 0.15) is 0 Å². The molecule has 0 amide bonds. The first kappa shape index (κ1) is 14.2. The monoisotopic (exact) mass is 301 g/mol. The summed E-state index contributed by atoms with van der Waals surface area (Å²) in [4.78, 5) is 4.25. The van der Waals surface area contributed by atoms with Crippen LogP contribution in [0, 0.1) is 0 Å². The first-order valence-corrected chi connectivity index (χ1v) is 8.03. The Hall–Kier alpha value is -1.22. The fourth-order valence-electron chi connectivity index (χ4n) is 1.63. The third-order valence-electron chi connectivity index (χ3n) is 2.67. The van der Waals surface area contributed by atoms with Gasteiger partial charge in [-0.2, -0.15) is 0 Å². The minimum Gasteiger partial charge on any atom is -0.390 e. The van der Waals surface area contributed by atoms with Crippen molar-refractivity contribution in [1.82, 2.24) is 14.3 Å². The lowest BCUT2D eigenvalue weighted by molar-refractivity contribution is 0.272. The van der Waals surface area contributed by atoms with Crippen molar-refractivity contribution in [2.75, 3.05) is 6.54 Å². The number of aromatic nitrogens is 2. The number of hydrogen-bond acceptors (Lipinski definition) is 5. The molecule has 2 aromatic heterocycles. The van der Waals surface area contributed by atoms with Crippen LogP contribution >= 0.6 is 11.3 Å². The van der Waals surface area contributed by atoms with E-state index in [1.807, 2.05) is 5.38 Å². The SMILES string of the molecule is Cn1cc(S(=O)(=O)NCCc2nccs2)cc1CO. The normalized spacial score (nSPS) is 11.9. The molecule has 0 radical (unpaired) electrons. The predicted octanol–water partition coefficient (Wildman–Crippen LogP) is 0.495. The summed E-state index contributed by atoms with van der Waals surface area (Å²) in [5.74, 6) is 0. The molecule has 0 aliphatic carbocycles. The molecule has 0 bridgehead atoms. The highest BCUT2D eigenvalue weighted by Crippen LogP contribution is 2.13. The molecular weight excluding hydrogens is 286 g/mol. The third kappa shape index (κ3) is 3.41. The molecule has 2 N–H and O–H groups in total. The zero-order valence-electron chi connectivity index (χ0n) is 10.4. The van der Waals surface area contributed by atoms with Gasteiger partial charge < -0.3 is 9.67 Å². The molecule has 0 aromatic carbocycles. The van der Waals surface area contributed by atoms with Crippen LogP contribution in [-0.2, 0) is 30.1 Å². The van der Waals surface area contributed by atoms with Crippen molar-refractivity contribution in [3.05, 3.63) is 34.5 Å². The minimum absolute atomic E-state index is 0.165. The molecule has 0 unspecified atom stereocenters. The lowest BCUT2D eigenvalue weighted by atomic mass is 10.5. The molecule has 2 aromatic rings. The van der Waals surface area contributed by atoms with Gasteiger partial charge in [-0.05, 0) is 6.07 Å². The summed E-state index contributed by atoms with van der Waals surface area (Å²) >= 11 is 1.50. The van der Waals surface area contributed by atoms with Crippen LogP contribution in [0.25, 0.3) is 0 Å². The fourth-order valence-corrected chi connectivity index (χ4v) is 3.38. The van der Waals surface area contributed by atoms with Gasteiger partial charge in [-0.1, -0.05) is 0 Å². The lowest BCUT2D eigenvalue weighted by Gasteiger charge is -2.03. The summed E-state index contributed by atoms with van der Waals surface area (Å²) in [5.41, 5.74) is 0.556. The predicted molar refractivity (Wildman–Crippen MR) is 72.3 cm³/mol. The maximum absolute atomic E-state index is 12.0. The van der Waals surface area contributed by atoms with Crippen LogP contribution in [0.1, 0.15) is 10.7 Å². The van der Waals surface area contributed by atoms with Gasteiger partial charge in [0, 0.05) is 43.5 Å². The molecule has 0 aliphatic heterocycles. The molecule has 0 fully saturated rings. The zero-order valence-corrected chi connectivity index (χ0v) is 12.0. The maximum Gasteiger partial charge on any atom is 0.242 e. The van der Waals surface area contributed by atoms with Crippen molar-refractivity contribution in [2.24, 2.45) is 7.05 Å². The summed E-state index contributed by atoms with van der Waals surface area (Å²) in [5, 5.41) is 11.8. The van der Waals surface area contributed by atoms with Crippen LogP contribution in [0.3, 0.4) is 0 Å². The second-order valence-electron chi connectivity index (χ2n) is 4.01. The Bertz CT molecular complexity index is 632. The molecule has 0 saturated heterocycles. The number of nitrogens with one attached hydrogen (secondary N) is 1. The highest BCUT2D eigenvalue weighted by molar-refractivity contribution is 7.89. The Kier molecular flexibility index (Phi) is 4.35. The van der Waals surface area contributed by atoms with E-state index in [0.29, 0.717) is 18.7 Å². The van der Waals surface area contributed by atoms with Crippen LogP contribution in [0.15, 0.2) is 28.7 Å². The minimum atomic E-state index is -3.53. The molecule has 19 heavy (non-hydrogen) atoms. The van der Waals surface area contributed by atoms with E-state index < -0.39 is 10.0 Å². The zero-order chi connectivity index (χ0) is 13.9. The largest absolute Gasteiger partial charge is 0.390 e. The van der Waals surface area contributed by atoms with Gasteiger partial charge in [-0.25, -0.2) is 18.1 Å². The topological polar surface area (TPSA) is 84.2 Å². The number of thiazole rings is 1. The second-order valence-corrected chi connectivity index (χ2v) is 6.76. The number of rotatable bonds is 6. The standard InChI is InChI=1S/C11H15N3O3S2/c1-14-7-10(6-9(14)8-15)19(16,17)13-3-2-11-12-4-5-18-11/h4-7,13,15H,2-3,8H2,1H3. The van der Waals surface area contributed by atoms with E-state index in [4.69, 9.17) is 5.11 Å². The van der Waals surface area contributed by atoms with Crippen molar-refractivity contribution >= 4 is 21.4 Å². The Morgan fingerprint density at radius 2 is 2.32 bits per heavy atom.